The highest BCUT2D eigenvalue weighted by molar-refractivity contribution is 5.71. The number of benzene rings is 3. The first-order valence-electron chi connectivity index (χ1n) is 8.13. The first-order valence-corrected chi connectivity index (χ1v) is 8.13. The van der Waals surface area contributed by atoms with Gasteiger partial charge in [-0.3, -0.25) is 0 Å². The van der Waals surface area contributed by atoms with E-state index in [-0.39, 0.29) is 5.82 Å². The van der Waals surface area contributed by atoms with Gasteiger partial charge in [-0.05, 0) is 47.2 Å². The Balaban J connectivity index is 1.86. The van der Waals surface area contributed by atoms with Gasteiger partial charge in [-0.25, -0.2) is 4.39 Å². The second kappa shape index (κ2) is 6.78. The van der Waals surface area contributed by atoms with Crippen LogP contribution in [0, 0.1) is 12.7 Å². The molecule has 116 valence electrons. The van der Waals surface area contributed by atoms with Gasteiger partial charge in [-0.1, -0.05) is 74.0 Å². The molecule has 0 atom stereocenters. The lowest BCUT2D eigenvalue weighted by Gasteiger charge is -2.07. The number of hydrogen-bond donors (Lipinski definition) is 0. The average Bonchev–Trinajstić information content (AvgIpc) is 2.56. The van der Waals surface area contributed by atoms with E-state index >= 15 is 0 Å². The number of aryl methyl sites for hydroxylation is 2. The van der Waals surface area contributed by atoms with Gasteiger partial charge in [-0.15, -0.1) is 0 Å². The molecule has 0 fully saturated rings. The van der Waals surface area contributed by atoms with Gasteiger partial charge in [-0.2, -0.15) is 0 Å². The van der Waals surface area contributed by atoms with Crippen LogP contribution in [-0.4, -0.2) is 0 Å². The summed E-state index contributed by atoms with van der Waals surface area (Å²) in [6.45, 7) is 4.09. The van der Waals surface area contributed by atoms with E-state index in [2.05, 4.69) is 43.3 Å². The largest absolute Gasteiger partial charge is 0.206 e. The molecule has 0 radical (unpaired) electrons. The van der Waals surface area contributed by atoms with Crippen LogP contribution in [0.25, 0.3) is 22.3 Å². The van der Waals surface area contributed by atoms with Crippen LogP contribution in [0.2, 0.25) is 0 Å². The van der Waals surface area contributed by atoms with E-state index < -0.39 is 0 Å². The maximum atomic E-state index is 14.1. The molecule has 0 spiro atoms. The average molecular weight is 304 g/mol. The highest BCUT2D eigenvalue weighted by Gasteiger charge is 2.06. The molecule has 0 amide bonds. The van der Waals surface area contributed by atoms with Crippen LogP contribution in [-0.2, 0) is 6.42 Å². The lowest BCUT2D eigenvalue weighted by atomic mass is 9.98. The Morgan fingerprint density at radius 1 is 0.739 bits per heavy atom. The van der Waals surface area contributed by atoms with Gasteiger partial charge in [0, 0.05) is 5.56 Å². The Morgan fingerprint density at radius 3 is 1.87 bits per heavy atom. The molecule has 0 N–H and O–H groups in total. The minimum atomic E-state index is -0.165. The molecule has 0 aliphatic rings. The molecular formula is C22H21F. The lowest BCUT2D eigenvalue weighted by molar-refractivity contribution is 0.630. The normalized spacial score (nSPS) is 10.7. The lowest BCUT2D eigenvalue weighted by Crippen LogP contribution is -1.87. The third-order valence-electron chi connectivity index (χ3n) is 4.15. The number of halogens is 1. The summed E-state index contributed by atoms with van der Waals surface area (Å²) in [6.07, 6.45) is 2.28. The molecule has 0 saturated carbocycles. The van der Waals surface area contributed by atoms with Gasteiger partial charge in [0.2, 0.25) is 0 Å². The fraction of sp³-hybridized carbons (Fsp3) is 0.182. The Morgan fingerprint density at radius 2 is 1.30 bits per heavy atom. The van der Waals surface area contributed by atoms with E-state index in [9.17, 15) is 4.39 Å². The summed E-state index contributed by atoms with van der Waals surface area (Å²) in [5, 5.41) is 0. The molecule has 0 heterocycles. The Bertz CT molecular complexity index is 783. The van der Waals surface area contributed by atoms with Crippen molar-refractivity contribution in [2.75, 3.05) is 0 Å². The third-order valence-corrected chi connectivity index (χ3v) is 4.15. The van der Waals surface area contributed by atoms with Gasteiger partial charge in [0.05, 0.1) is 0 Å². The molecular weight excluding hydrogens is 283 g/mol. The van der Waals surface area contributed by atoms with Crippen LogP contribution in [0.3, 0.4) is 0 Å². The van der Waals surface area contributed by atoms with Gasteiger partial charge in [0.15, 0.2) is 0 Å². The van der Waals surface area contributed by atoms with E-state index in [1.807, 2.05) is 31.2 Å². The highest BCUT2D eigenvalue weighted by atomic mass is 19.1. The Hall–Kier alpha value is -2.41. The van der Waals surface area contributed by atoms with E-state index in [1.54, 1.807) is 6.07 Å². The monoisotopic (exact) mass is 304 g/mol. The molecule has 0 nitrogen and oxygen atoms in total. The minimum absolute atomic E-state index is 0.165. The van der Waals surface area contributed by atoms with E-state index in [4.69, 9.17) is 0 Å². The summed E-state index contributed by atoms with van der Waals surface area (Å²) in [7, 11) is 0. The standard InChI is InChI=1S/C22H21F/c1-3-4-17-6-8-18(9-7-17)19-10-12-20(13-11-19)21-14-5-16(2)15-22(21)23/h5-15H,3-4H2,1-2H3. The molecule has 3 aromatic rings. The quantitative estimate of drug-likeness (QED) is 0.521. The first kappa shape index (κ1) is 15.5. The van der Waals surface area contributed by atoms with Crippen molar-refractivity contribution in [2.45, 2.75) is 26.7 Å². The van der Waals surface area contributed by atoms with Crippen molar-refractivity contribution in [1.82, 2.24) is 0 Å². The maximum Gasteiger partial charge on any atom is 0.131 e. The van der Waals surface area contributed by atoms with Crippen molar-refractivity contribution in [3.05, 3.63) is 83.7 Å². The zero-order valence-corrected chi connectivity index (χ0v) is 13.6. The topological polar surface area (TPSA) is 0 Å². The molecule has 0 unspecified atom stereocenters. The number of hydrogen-bond acceptors (Lipinski definition) is 0. The molecule has 0 saturated heterocycles. The third kappa shape index (κ3) is 3.50. The summed E-state index contributed by atoms with van der Waals surface area (Å²) in [4.78, 5) is 0. The summed E-state index contributed by atoms with van der Waals surface area (Å²) < 4.78 is 14.1. The highest BCUT2D eigenvalue weighted by Crippen LogP contribution is 2.27. The van der Waals surface area contributed by atoms with Crippen molar-refractivity contribution in [3.63, 3.8) is 0 Å². The van der Waals surface area contributed by atoms with Gasteiger partial charge in [0.25, 0.3) is 0 Å². The molecule has 0 aliphatic heterocycles. The second-order valence-corrected chi connectivity index (χ2v) is 6.01. The molecule has 0 aliphatic carbocycles. The van der Waals surface area contributed by atoms with Crippen LogP contribution in [0.4, 0.5) is 4.39 Å². The van der Waals surface area contributed by atoms with Crippen molar-refractivity contribution in [1.29, 1.82) is 0 Å². The summed E-state index contributed by atoms with van der Waals surface area (Å²) in [6, 6.07) is 22.2. The van der Waals surface area contributed by atoms with Gasteiger partial charge in [0.1, 0.15) is 5.82 Å². The van der Waals surface area contributed by atoms with E-state index in [1.165, 1.54) is 11.1 Å². The maximum absolute atomic E-state index is 14.1. The number of rotatable bonds is 4. The van der Waals surface area contributed by atoms with Crippen LogP contribution in [0.5, 0.6) is 0 Å². The zero-order valence-electron chi connectivity index (χ0n) is 13.6. The van der Waals surface area contributed by atoms with Crippen LogP contribution < -0.4 is 0 Å². The van der Waals surface area contributed by atoms with Gasteiger partial charge < -0.3 is 0 Å². The van der Waals surface area contributed by atoms with E-state index in [0.29, 0.717) is 5.56 Å². The first-order chi connectivity index (χ1) is 11.2. The van der Waals surface area contributed by atoms with Crippen molar-refractivity contribution in [2.24, 2.45) is 0 Å². The molecule has 0 aromatic heterocycles. The van der Waals surface area contributed by atoms with Crippen LogP contribution in [0.1, 0.15) is 24.5 Å². The van der Waals surface area contributed by atoms with E-state index in [0.717, 1.165) is 29.5 Å². The molecule has 23 heavy (non-hydrogen) atoms. The molecule has 0 bridgehead atoms. The Labute approximate surface area is 137 Å². The predicted octanol–water partition coefficient (Wildman–Crippen LogP) is 6.42. The van der Waals surface area contributed by atoms with Crippen molar-refractivity contribution < 1.29 is 4.39 Å². The minimum Gasteiger partial charge on any atom is -0.206 e. The van der Waals surface area contributed by atoms with Gasteiger partial charge >= 0.3 is 0 Å². The Kier molecular flexibility index (Phi) is 4.57. The summed E-state index contributed by atoms with van der Waals surface area (Å²) >= 11 is 0. The smallest absolute Gasteiger partial charge is 0.131 e. The molecule has 3 rings (SSSR count). The van der Waals surface area contributed by atoms with Crippen LogP contribution in [0.15, 0.2) is 66.7 Å². The summed E-state index contributed by atoms with van der Waals surface area (Å²) in [5.74, 6) is -0.165. The fourth-order valence-corrected chi connectivity index (χ4v) is 2.85. The molecule has 1 heteroatoms. The second-order valence-electron chi connectivity index (χ2n) is 6.01. The van der Waals surface area contributed by atoms with Crippen molar-refractivity contribution >= 4 is 0 Å². The summed E-state index contributed by atoms with van der Waals surface area (Å²) in [5.41, 5.74) is 6.23. The SMILES string of the molecule is CCCc1ccc(-c2ccc(-c3ccc(C)cc3F)cc2)cc1. The van der Waals surface area contributed by atoms with Crippen LogP contribution >= 0.6 is 0 Å². The molecule has 3 aromatic carbocycles. The van der Waals surface area contributed by atoms with Crippen molar-refractivity contribution in [3.8, 4) is 22.3 Å². The zero-order chi connectivity index (χ0) is 16.2. The predicted molar refractivity (Wildman–Crippen MR) is 96.0 cm³/mol. The fourth-order valence-electron chi connectivity index (χ4n) is 2.85.